The van der Waals surface area contributed by atoms with Crippen LogP contribution >= 0.6 is 0 Å². The van der Waals surface area contributed by atoms with Crippen LogP contribution in [0.5, 0.6) is 0 Å². The molecule has 114 valence electrons. The molecular formula is C16H23N3O2. The van der Waals surface area contributed by atoms with Crippen LogP contribution < -0.4 is 0 Å². The maximum atomic E-state index is 12.2. The summed E-state index contributed by atoms with van der Waals surface area (Å²) in [6, 6.07) is 0. The molecule has 3 aliphatic rings. The van der Waals surface area contributed by atoms with E-state index in [0.29, 0.717) is 23.7 Å². The molecule has 1 aliphatic heterocycles. The first-order valence-corrected chi connectivity index (χ1v) is 8.41. The number of rotatable bonds is 5. The third-order valence-electron chi connectivity index (χ3n) is 5.24. The first-order valence-electron chi connectivity index (χ1n) is 8.41. The number of carbonyl (C=O) groups excluding carboxylic acids is 1. The maximum Gasteiger partial charge on any atom is 0.229 e. The summed E-state index contributed by atoms with van der Waals surface area (Å²) in [5.74, 6) is 3.56. The van der Waals surface area contributed by atoms with Gasteiger partial charge in [0, 0.05) is 31.3 Å². The Labute approximate surface area is 125 Å². The third kappa shape index (κ3) is 2.83. The van der Waals surface area contributed by atoms with Crippen LogP contribution in [0.3, 0.4) is 0 Å². The SMILES string of the molecule is O=C(C1CCC1)N1CCC(CCc2noc(C3CC3)n2)C1. The van der Waals surface area contributed by atoms with Gasteiger partial charge in [-0.1, -0.05) is 11.6 Å². The van der Waals surface area contributed by atoms with Crippen LogP contribution in [0.4, 0.5) is 0 Å². The first kappa shape index (κ1) is 13.3. The van der Waals surface area contributed by atoms with E-state index in [1.165, 1.54) is 19.3 Å². The lowest BCUT2D eigenvalue weighted by molar-refractivity contribution is -0.137. The Morgan fingerprint density at radius 3 is 2.81 bits per heavy atom. The van der Waals surface area contributed by atoms with Gasteiger partial charge in [0.2, 0.25) is 11.8 Å². The van der Waals surface area contributed by atoms with Crippen molar-refractivity contribution in [2.75, 3.05) is 13.1 Å². The van der Waals surface area contributed by atoms with E-state index in [-0.39, 0.29) is 0 Å². The van der Waals surface area contributed by atoms with Crippen LogP contribution in [0.1, 0.15) is 62.6 Å². The molecule has 5 heteroatoms. The fourth-order valence-corrected chi connectivity index (χ4v) is 3.38. The average molecular weight is 289 g/mol. The molecule has 3 fully saturated rings. The van der Waals surface area contributed by atoms with Crippen LogP contribution in [-0.4, -0.2) is 34.0 Å². The quantitative estimate of drug-likeness (QED) is 0.835. The molecule has 1 unspecified atom stereocenters. The summed E-state index contributed by atoms with van der Waals surface area (Å²) >= 11 is 0. The highest BCUT2D eigenvalue weighted by Crippen LogP contribution is 2.39. The number of likely N-dealkylation sites (tertiary alicyclic amines) is 1. The van der Waals surface area contributed by atoms with E-state index in [2.05, 4.69) is 15.0 Å². The van der Waals surface area contributed by atoms with E-state index in [4.69, 9.17) is 4.52 Å². The van der Waals surface area contributed by atoms with E-state index in [1.807, 2.05) is 0 Å². The summed E-state index contributed by atoms with van der Waals surface area (Å²) in [6.45, 7) is 1.88. The van der Waals surface area contributed by atoms with Gasteiger partial charge in [0.15, 0.2) is 5.82 Å². The van der Waals surface area contributed by atoms with Gasteiger partial charge in [0.1, 0.15) is 0 Å². The zero-order valence-corrected chi connectivity index (χ0v) is 12.5. The summed E-state index contributed by atoms with van der Waals surface area (Å²) < 4.78 is 5.29. The highest BCUT2D eigenvalue weighted by atomic mass is 16.5. The molecular weight excluding hydrogens is 266 g/mol. The summed E-state index contributed by atoms with van der Waals surface area (Å²) in [7, 11) is 0. The van der Waals surface area contributed by atoms with Crippen LogP contribution in [0, 0.1) is 11.8 Å². The maximum absolute atomic E-state index is 12.2. The molecule has 1 aromatic rings. The van der Waals surface area contributed by atoms with E-state index < -0.39 is 0 Å². The van der Waals surface area contributed by atoms with E-state index in [9.17, 15) is 4.79 Å². The molecule has 1 aromatic heterocycles. The van der Waals surface area contributed by atoms with Crippen LogP contribution in [-0.2, 0) is 11.2 Å². The minimum absolute atomic E-state index is 0.335. The van der Waals surface area contributed by atoms with Gasteiger partial charge in [-0.05, 0) is 44.4 Å². The van der Waals surface area contributed by atoms with Crippen LogP contribution in [0.2, 0.25) is 0 Å². The minimum Gasteiger partial charge on any atom is -0.342 e. The van der Waals surface area contributed by atoms with Gasteiger partial charge in [-0.25, -0.2) is 0 Å². The Hall–Kier alpha value is -1.39. The summed E-state index contributed by atoms with van der Waals surface area (Å²) in [4.78, 5) is 18.8. The second-order valence-electron chi connectivity index (χ2n) is 6.93. The molecule has 0 radical (unpaired) electrons. The Bertz CT molecular complexity index is 519. The molecule has 4 rings (SSSR count). The number of amides is 1. The molecule has 0 spiro atoms. The third-order valence-corrected chi connectivity index (χ3v) is 5.24. The smallest absolute Gasteiger partial charge is 0.229 e. The number of aromatic nitrogens is 2. The van der Waals surface area contributed by atoms with Crippen LogP contribution in [0.25, 0.3) is 0 Å². The van der Waals surface area contributed by atoms with Crippen LogP contribution in [0.15, 0.2) is 4.52 Å². The lowest BCUT2D eigenvalue weighted by Crippen LogP contribution is -2.37. The Morgan fingerprint density at radius 1 is 1.24 bits per heavy atom. The van der Waals surface area contributed by atoms with Gasteiger partial charge >= 0.3 is 0 Å². The second kappa shape index (κ2) is 5.43. The van der Waals surface area contributed by atoms with Gasteiger partial charge in [-0.15, -0.1) is 0 Å². The second-order valence-corrected chi connectivity index (χ2v) is 6.93. The zero-order chi connectivity index (χ0) is 14.2. The molecule has 2 heterocycles. The van der Waals surface area contributed by atoms with Gasteiger partial charge in [0.05, 0.1) is 0 Å². The lowest BCUT2D eigenvalue weighted by atomic mass is 9.84. The molecule has 0 aromatic carbocycles. The van der Waals surface area contributed by atoms with Gasteiger partial charge in [-0.2, -0.15) is 4.98 Å². The summed E-state index contributed by atoms with van der Waals surface area (Å²) in [5.41, 5.74) is 0. The highest BCUT2D eigenvalue weighted by Gasteiger charge is 2.34. The number of hydrogen-bond donors (Lipinski definition) is 0. The van der Waals surface area contributed by atoms with Crippen molar-refractivity contribution < 1.29 is 9.32 Å². The zero-order valence-electron chi connectivity index (χ0n) is 12.5. The number of nitrogens with zero attached hydrogens (tertiary/aromatic N) is 3. The average Bonchev–Trinajstić information content (AvgIpc) is 2.99. The lowest BCUT2D eigenvalue weighted by Gasteiger charge is -2.29. The molecule has 1 saturated heterocycles. The number of carbonyl (C=O) groups is 1. The molecule has 2 aliphatic carbocycles. The van der Waals surface area contributed by atoms with E-state index in [1.54, 1.807) is 0 Å². The standard InChI is InChI=1S/C16H23N3O2/c20-16(13-2-1-3-13)19-9-8-11(10-19)4-7-14-17-15(21-18-14)12-5-6-12/h11-13H,1-10H2. The van der Waals surface area contributed by atoms with Crippen molar-refractivity contribution in [1.29, 1.82) is 0 Å². The predicted octanol–water partition coefficient (Wildman–Crippen LogP) is 2.53. The molecule has 1 atom stereocenters. The highest BCUT2D eigenvalue weighted by molar-refractivity contribution is 5.79. The molecule has 2 saturated carbocycles. The van der Waals surface area contributed by atoms with Crippen molar-refractivity contribution in [1.82, 2.24) is 15.0 Å². The topological polar surface area (TPSA) is 59.2 Å². The fraction of sp³-hybridized carbons (Fsp3) is 0.812. The molecule has 21 heavy (non-hydrogen) atoms. The number of aryl methyl sites for hydroxylation is 1. The Morgan fingerprint density at radius 2 is 2.10 bits per heavy atom. The first-order chi connectivity index (χ1) is 10.3. The Balaban J connectivity index is 1.24. The van der Waals surface area contributed by atoms with E-state index >= 15 is 0 Å². The summed E-state index contributed by atoms with van der Waals surface area (Å²) in [5, 5.41) is 4.08. The predicted molar refractivity (Wildman–Crippen MR) is 76.6 cm³/mol. The fourth-order valence-electron chi connectivity index (χ4n) is 3.38. The molecule has 0 bridgehead atoms. The minimum atomic E-state index is 0.335. The van der Waals surface area contributed by atoms with Crippen molar-refractivity contribution in [2.24, 2.45) is 11.8 Å². The van der Waals surface area contributed by atoms with Gasteiger partial charge in [0.25, 0.3) is 0 Å². The van der Waals surface area contributed by atoms with E-state index in [0.717, 1.165) is 56.9 Å². The van der Waals surface area contributed by atoms with Gasteiger partial charge in [-0.3, -0.25) is 4.79 Å². The largest absolute Gasteiger partial charge is 0.342 e. The van der Waals surface area contributed by atoms with Crippen molar-refractivity contribution in [3.8, 4) is 0 Å². The summed E-state index contributed by atoms with van der Waals surface area (Å²) in [6.07, 6.45) is 8.91. The van der Waals surface area contributed by atoms with Gasteiger partial charge < -0.3 is 9.42 Å². The van der Waals surface area contributed by atoms with Crippen molar-refractivity contribution in [3.63, 3.8) is 0 Å². The normalized spacial score (nSPS) is 26.1. The monoisotopic (exact) mass is 289 g/mol. The Kier molecular flexibility index (Phi) is 3.43. The molecule has 5 nitrogen and oxygen atoms in total. The number of hydrogen-bond acceptors (Lipinski definition) is 4. The van der Waals surface area contributed by atoms with Crippen molar-refractivity contribution >= 4 is 5.91 Å². The van der Waals surface area contributed by atoms with Crippen molar-refractivity contribution in [2.45, 2.75) is 57.3 Å². The van der Waals surface area contributed by atoms with Crippen molar-refractivity contribution in [3.05, 3.63) is 11.7 Å². The molecule has 0 N–H and O–H groups in total. The molecule has 1 amide bonds.